The zero-order chi connectivity index (χ0) is 12.6. The van der Waals surface area contributed by atoms with Crippen molar-refractivity contribution in [2.75, 3.05) is 0 Å². The normalized spacial score (nSPS) is 10.9. The molecule has 90 valence electrons. The van der Waals surface area contributed by atoms with Gasteiger partial charge in [0.05, 0.1) is 11.0 Å². The number of hydrogen-bond donors (Lipinski definition) is 0. The summed E-state index contributed by atoms with van der Waals surface area (Å²) >= 11 is 5.72. The van der Waals surface area contributed by atoms with Crippen LogP contribution in [0.2, 0.25) is 0 Å². The summed E-state index contributed by atoms with van der Waals surface area (Å²) in [7, 11) is 0. The Labute approximate surface area is 124 Å². The Hall–Kier alpha value is -0.360. The fourth-order valence-electron chi connectivity index (χ4n) is 2.08. The highest BCUT2D eigenvalue weighted by molar-refractivity contribution is 14.1. The average molecular weight is 405 g/mol. The van der Waals surface area contributed by atoms with E-state index in [4.69, 9.17) is 0 Å². The molecule has 0 radical (unpaired) electrons. The van der Waals surface area contributed by atoms with Crippen LogP contribution in [0.4, 0.5) is 0 Å². The largest absolute Gasteiger partial charge is 0.266 e. The molecule has 0 saturated carbocycles. The van der Waals surface area contributed by atoms with Crippen molar-refractivity contribution < 1.29 is 0 Å². The molecule has 0 fully saturated rings. The standard InChI is InChI=1S/C13H14BrIN2/c1-8-4-9(2)11(10(3)5-8)6-17-7-12(14)13(15)16-17/h4-5,7H,6H2,1-3H3. The molecule has 0 aliphatic heterocycles. The van der Waals surface area contributed by atoms with Crippen LogP contribution in [0.5, 0.6) is 0 Å². The van der Waals surface area contributed by atoms with Crippen molar-refractivity contribution in [3.05, 3.63) is 48.8 Å². The van der Waals surface area contributed by atoms with Gasteiger partial charge in [-0.25, -0.2) is 0 Å². The summed E-state index contributed by atoms with van der Waals surface area (Å²) in [5.74, 6) is 0. The van der Waals surface area contributed by atoms with Crippen molar-refractivity contribution in [1.82, 2.24) is 9.78 Å². The van der Waals surface area contributed by atoms with Gasteiger partial charge in [-0.15, -0.1) is 0 Å². The van der Waals surface area contributed by atoms with E-state index in [-0.39, 0.29) is 0 Å². The van der Waals surface area contributed by atoms with Crippen LogP contribution in [-0.2, 0) is 6.54 Å². The van der Waals surface area contributed by atoms with Crippen LogP contribution >= 0.6 is 38.5 Å². The molecule has 2 rings (SSSR count). The van der Waals surface area contributed by atoms with Gasteiger partial charge < -0.3 is 0 Å². The van der Waals surface area contributed by atoms with Crippen LogP contribution < -0.4 is 0 Å². The van der Waals surface area contributed by atoms with Crippen molar-refractivity contribution in [2.45, 2.75) is 27.3 Å². The summed E-state index contributed by atoms with van der Waals surface area (Å²) in [5, 5.41) is 4.47. The van der Waals surface area contributed by atoms with Gasteiger partial charge in [0.25, 0.3) is 0 Å². The summed E-state index contributed by atoms with van der Waals surface area (Å²) in [4.78, 5) is 0. The zero-order valence-electron chi connectivity index (χ0n) is 10.1. The monoisotopic (exact) mass is 404 g/mol. The lowest BCUT2D eigenvalue weighted by molar-refractivity contribution is 0.675. The third-order valence-electron chi connectivity index (χ3n) is 2.84. The third-order valence-corrected chi connectivity index (χ3v) is 4.95. The second-order valence-corrected chi connectivity index (χ2v) is 6.22. The van der Waals surface area contributed by atoms with Gasteiger partial charge in [0.15, 0.2) is 0 Å². The first-order chi connectivity index (χ1) is 7.97. The topological polar surface area (TPSA) is 17.8 Å². The summed E-state index contributed by atoms with van der Waals surface area (Å²) < 4.78 is 4.04. The molecule has 0 unspecified atom stereocenters. The molecule has 1 aromatic heterocycles. The van der Waals surface area contributed by atoms with E-state index >= 15 is 0 Å². The van der Waals surface area contributed by atoms with Crippen LogP contribution in [0.3, 0.4) is 0 Å². The highest BCUT2D eigenvalue weighted by atomic mass is 127. The molecule has 4 heteroatoms. The fraction of sp³-hybridized carbons (Fsp3) is 0.308. The van der Waals surface area contributed by atoms with Crippen LogP contribution in [0.1, 0.15) is 22.3 Å². The highest BCUT2D eigenvalue weighted by Crippen LogP contribution is 2.20. The summed E-state index contributed by atoms with van der Waals surface area (Å²) in [6.07, 6.45) is 2.03. The number of benzene rings is 1. The zero-order valence-corrected chi connectivity index (χ0v) is 13.8. The van der Waals surface area contributed by atoms with Crippen LogP contribution in [0, 0.1) is 24.5 Å². The molecule has 0 aliphatic rings. The first kappa shape index (κ1) is 13.1. The molecular weight excluding hydrogens is 391 g/mol. The molecule has 0 saturated heterocycles. The van der Waals surface area contributed by atoms with Gasteiger partial charge in [-0.05, 0) is 76.0 Å². The van der Waals surface area contributed by atoms with Crippen molar-refractivity contribution >= 4 is 38.5 Å². The maximum absolute atomic E-state index is 4.47. The van der Waals surface area contributed by atoms with E-state index in [1.54, 1.807) is 0 Å². The summed E-state index contributed by atoms with van der Waals surface area (Å²) in [6, 6.07) is 4.46. The van der Waals surface area contributed by atoms with Gasteiger partial charge in [0, 0.05) is 6.20 Å². The Balaban J connectivity index is 2.36. The minimum atomic E-state index is 0.833. The van der Waals surface area contributed by atoms with Crippen molar-refractivity contribution in [1.29, 1.82) is 0 Å². The van der Waals surface area contributed by atoms with Crippen molar-refractivity contribution in [3.8, 4) is 0 Å². The van der Waals surface area contributed by atoms with Gasteiger partial charge in [-0.1, -0.05) is 17.7 Å². The molecular formula is C13H14BrIN2. The number of halogens is 2. The fourth-order valence-corrected chi connectivity index (χ4v) is 2.81. The first-order valence-electron chi connectivity index (χ1n) is 5.42. The smallest absolute Gasteiger partial charge is 0.137 e. The molecule has 0 aliphatic carbocycles. The predicted molar refractivity (Wildman–Crippen MR) is 82.4 cm³/mol. The minimum Gasteiger partial charge on any atom is -0.266 e. The number of aromatic nitrogens is 2. The number of aryl methyl sites for hydroxylation is 3. The van der Waals surface area contributed by atoms with Crippen molar-refractivity contribution in [3.63, 3.8) is 0 Å². The predicted octanol–water partition coefficient (Wildman–Crippen LogP) is 4.22. The average Bonchev–Trinajstić information content (AvgIpc) is 2.52. The lowest BCUT2D eigenvalue weighted by Crippen LogP contribution is -2.04. The molecule has 0 bridgehead atoms. The van der Waals surface area contributed by atoms with Gasteiger partial charge >= 0.3 is 0 Å². The quantitative estimate of drug-likeness (QED) is 0.685. The Bertz CT molecular complexity index is 518. The number of nitrogens with zero attached hydrogens (tertiary/aromatic N) is 2. The van der Waals surface area contributed by atoms with E-state index in [1.165, 1.54) is 22.3 Å². The Morgan fingerprint density at radius 1 is 1.24 bits per heavy atom. The molecule has 0 spiro atoms. The van der Waals surface area contributed by atoms with Gasteiger partial charge in [-0.2, -0.15) is 5.10 Å². The maximum atomic E-state index is 4.47. The Morgan fingerprint density at radius 3 is 2.29 bits per heavy atom. The molecule has 0 atom stereocenters. The number of rotatable bonds is 2. The van der Waals surface area contributed by atoms with E-state index in [2.05, 4.69) is 76.5 Å². The van der Waals surface area contributed by atoms with Crippen LogP contribution in [0.15, 0.2) is 22.8 Å². The third kappa shape index (κ3) is 2.91. The lowest BCUT2D eigenvalue weighted by atomic mass is 10.00. The van der Waals surface area contributed by atoms with Crippen LogP contribution in [-0.4, -0.2) is 9.78 Å². The molecule has 0 amide bonds. The van der Waals surface area contributed by atoms with Crippen molar-refractivity contribution in [2.24, 2.45) is 0 Å². The molecule has 1 aromatic carbocycles. The second kappa shape index (κ2) is 5.10. The van der Waals surface area contributed by atoms with E-state index in [0.29, 0.717) is 0 Å². The molecule has 2 aromatic rings. The molecule has 1 heterocycles. The molecule has 17 heavy (non-hydrogen) atoms. The second-order valence-electron chi connectivity index (χ2n) is 4.34. The SMILES string of the molecule is Cc1cc(C)c(Cn2cc(Br)c(I)n2)c(C)c1. The number of hydrogen-bond acceptors (Lipinski definition) is 1. The lowest BCUT2D eigenvalue weighted by Gasteiger charge is -2.11. The summed E-state index contributed by atoms with van der Waals surface area (Å²) in [5.41, 5.74) is 5.36. The van der Waals surface area contributed by atoms with E-state index in [9.17, 15) is 0 Å². The van der Waals surface area contributed by atoms with Gasteiger partial charge in [0.1, 0.15) is 3.70 Å². The first-order valence-corrected chi connectivity index (χ1v) is 7.29. The van der Waals surface area contributed by atoms with Gasteiger partial charge in [-0.3, -0.25) is 4.68 Å². The van der Waals surface area contributed by atoms with Gasteiger partial charge in [0.2, 0.25) is 0 Å². The Kier molecular flexibility index (Phi) is 3.92. The Morgan fingerprint density at radius 2 is 1.82 bits per heavy atom. The van der Waals surface area contributed by atoms with E-state index in [1.807, 2.05) is 10.9 Å². The van der Waals surface area contributed by atoms with E-state index in [0.717, 1.165) is 14.7 Å². The van der Waals surface area contributed by atoms with Crippen LogP contribution in [0.25, 0.3) is 0 Å². The highest BCUT2D eigenvalue weighted by Gasteiger charge is 2.07. The molecule has 0 N–H and O–H groups in total. The minimum absolute atomic E-state index is 0.833. The molecule has 2 nitrogen and oxygen atoms in total. The maximum Gasteiger partial charge on any atom is 0.137 e. The van der Waals surface area contributed by atoms with E-state index < -0.39 is 0 Å². The summed E-state index contributed by atoms with van der Waals surface area (Å²) in [6.45, 7) is 7.30.